The van der Waals surface area contributed by atoms with Gasteiger partial charge in [0.15, 0.2) is 5.37 Å². The third-order valence-corrected chi connectivity index (χ3v) is 4.57. The Bertz CT molecular complexity index is 529. The lowest BCUT2D eigenvalue weighted by atomic mass is 10.2. The summed E-state index contributed by atoms with van der Waals surface area (Å²) in [6, 6.07) is 5.11. The second-order valence-electron chi connectivity index (χ2n) is 4.05. The summed E-state index contributed by atoms with van der Waals surface area (Å²) >= 11 is 4.97. The van der Waals surface area contributed by atoms with Crippen molar-refractivity contribution in [3.63, 3.8) is 0 Å². The Kier molecular flexibility index (Phi) is 4.75. The number of halogens is 1. The van der Waals surface area contributed by atoms with Crippen LogP contribution in [0.2, 0.25) is 0 Å². The number of benzene rings is 1. The van der Waals surface area contributed by atoms with Crippen LogP contribution in [0, 0.1) is 12.3 Å². The Morgan fingerprint density at radius 3 is 3.11 bits per heavy atom. The molecule has 0 amide bonds. The number of hydrogen-bond acceptors (Lipinski definition) is 4. The molecule has 0 unspecified atom stereocenters. The summed E-state index contributed by atoms with van der Waals surface area (Å²) in [5.41, 5.74) is 0.929. The number of quaternary nitrogens is 1. The molecule has 100 valence electrons. The van der Waals surface area contributed by atoms with Gasteiger partial charge in [-0.1, -0.05) is 33.6 Å². The number of nitrogens with two attached hydrogens (primary N) is 1. The summed E-state index contributed by atoms with van der Waals surface area (Å²) in [4.78, 5) is 10.9. The molecule has 1 aromatic rings. The lowest BCUT2D eigenvalue weighted by Gasteiger charge is -2.15. The van der Waals surface area contributed by atoms with Crippen molar-refractivity contribution in [2.75, 3.05) is 12.4 Å². The monoisotopic (exact) mass is 341 g/mol. The molecule has 0 aromatic heterocycles. The Labute approximate surface area is 124 Å². The third kappa shape index (κ3) is 3.44. The first kappa shape index (κ1) is 14.3. The first-order chi connectivity index (χ1) is 9.11. The topological polar surface area (TPSA) is 66.0 Å². The highest BCUT2D eigenvalue weighted by Gasteiger charge is 2.32. The molecule has 1 fully saturated rings. The third-order valence-electron chi connectivity index (χ3n) is 2.75. The van der Waals surface area contributed by atoms with Gasteiger partial charge in [-0.15, -0.1) is 6.42 Å². The number of terminal acetylenes is 1. The van der Waals surface area contributed by atoms with Crippen LogP contribution in [0.25, 0.3) is 0 Å². The Morgan fingerprint density at radius 2 is 2.47 bits per heavy atom. The minimum atomic E-state index is -1.03. The molecule has 1 aliphatic rings. The lowest BCUT2D eigenvalue weighted by molar-refractivity contribution is -0.690. The largest absolute Gasteiger partial charge is 0.544 e. The maximum Gasteiger partial charge on any atom is 0.163 e. The van der Waals surface area contributed by atoms with Crippen molar-refractivity contribution in [2.45, 2.75) is 11.4 Å². The van der Waals surface area contributed by atoms with E-state index in [1.807, 2.05) is 18.2 Å². The number of carboxylic acids is 1. The van der Waals surface area contributed by atoms with Crippen LogP contribution in [0.3, 0.4) is 0 Å². The van der Waals surface area contributed by atoms with Gasteiger partial charge >= 0.3 is 0 Å². The van der Waals surface area contributed by atoms with Crippen LogP contribution in [-0.4, -0.2) is 24.4 Å². The van der Waals surface area contributed by atoms with Crippen molar-refractivity contribution in [1.82, 2.24) is 0 Å². The van der Waals surface area contributed by atoms with Gasteiger partial charge in [0.2, 0.25) is 0 Å². The van der Waals surface area contributed by atoms with E-state index in [-0.39, 0.29) is 12.0 Å². The molecule has 1 heterocycles. The quantitative estimate of drug-likeness (QED) is 0.776. The van der Waals surface area contributed by atoms with Crippen molar-refractivity contribution in [2.24, 2.45) is 0 Å². The highest BCUT2D eigenvalue weighted by atomic mass is 79.9. The molecule has 0 bridgehead atoms. The maximum atomic E-state index is 10.9. The molecule has 2 rings (SSSR count). The summed E-state index contributed by atoms with van der Waals surface area (Å²) in [7, 11) is 0. The van der Waals surface area contributed by atoms with Crippen LogP contribution in [0.5, 0.6) is 5.75 Å². The minimum Gasteiger partial charge on any atom is -0.544 e. The van der Waals surface area contributed by atoms with Gasteiger partial charge in [-0.05, 0) is 18.2 Å². The number of hydrogen-bond donors (Lipinski definition) is 1. The summed E-state index contributed by atoms with van der Waals surface area (Å²) in [5.74, 6) is 2.60. The maximum absolute atomic E-state index is 10.9. The van der Waals surface area contributed by atoms with E-state index in [0.29, 0.717) is 11.5 Å². The van der Waals surface area contributed by atoms with Gasteiger partial charge in [0, 0.05) is 4.47 Å². The number of aliphatic carboxylic acids is 1. The Hall–Kier alpha value is -1.16. The predicted molar refractivity (Wildman–Crippen MR) is 74.4 cm³/mol. The van der Waals surface area contributed by atoms with E-state index >= 15 is 0 Å². The van der Waals surface area contributed by atoms with Crippen LogP contribution >= 0.6 is 27.7 Å². The van der Waals surface area contributed by atoms with Gasteiger partial charge in [0.05, 0.1) is 11.3 Å². The molecular formula is C13H12BrNO3S. The lowest BCUT2D eigenvalue weighted by Crippen LogP contribution is -2.90. The first-order valence-corrected chi connectivity index (χ1v) is 7.49. The van der Waals surface area contributed by atoms with Crippen molar-refractivity contribution < 1.29 is 20.0 Å². The molecule has 1 aliphatic heterocycles. The molecule has 0 aliphatic carbocycles. The fourth-order valence-corrected chi connectivity index (χ4v) is 3.57. The number of carbonyl (C=O) groups is 1. The standard InChI is InChI=1S/C13H12BrNO3S/c1-2-5-18-11-4-3-8(14)6-9(11)12-15-10(7-19-12)13(16)17/h1,3-4,6,10,12,15H,5,7H2,(H,16,17)/t10-,12-/m0/s1. The van der Waals surface area contributed by atoms with Gasteiger partial charge in [0.25, 0.3) is 0 Å². The normalized spacial score (nSPS) is 21.9. The molecule has 0 saturated carbocycles. The smallest absolute Gasteiger partial charge is 0.163 e. The van der Waals surface area contributed by atoms with Gasteiger partial charge < -0.3 is 20.0 Å². The number of carbonyl (C=O) groups excluding carboxylic acids is 1. The molecular weight excluding hydrogens is 330 g/mol. The summed E-state index contributed by atoms with van der Waals surface area (Å²) < 4.78 is 6.41. The van der Waals surface area contributed by atoms with E-state index in [0.717, 1.165) is 10.0 Å². The van der Waals surface area contributed by atoms with Crippen molar-refractivity contribution in [3.05, 3.63) is 28.2 Å². The average molecular weight is 342 g/mol. The fourth-order valence-electron chi connectivity index (χ4n) is 1.86. The van der Waals surface area contributed by atoms with Gasteiger partial charge in [0.1, 0.15) is 24.4 Å². The molecule has 19 heavy (non-hydrogen) atoms. The Balaban J connectivity index is 2.21. The van der Waals surface area contributed by atoms with Crippen LogP contribution in [0.15, 0.2) is 22.7 Å². The van der Waals surface area contributed by atoms with Crippen molar-refractivity contribution >= 4 is 33.7 Å². The molecule has 0 spiro atoms. The molecule has 2 atom stereocenters. The van der Waals surface area contributed by atoms with Gasteiger partial charge in [-0.25, -0.2) is 0 Å². The second kappa shape index (κ2) is 6.33. The minimum absolute atomic E-state index is 0.0202. The zero-order valence-corrected chi connectivity index (χ0v) is 12.4. The number of thioether (sulfide) groups is 1. The summed E-state index contributed by atoms with van der Waals surface area (Å²) in [6.45, 7) is 0.190. The Morgan fingerprint density at radius 1 is 1.68 bits per heavy atom. The molecule has 2 N–H and O–H groups in total. The number of carboxylic acid groups (broad SMARTS) is 1. The van der Waals surface area contributed by atoms with E-state index in [1.165, 1.54) is 0 Å². The number of rotatable bonds is 4. The van der Waals surface area contributed by atoms with Crippen molar-refractivity contribution in [1.29, 1.82) is 0 Å². The van der Waals surface area contributed by atoms with E-state index in [9.17, 15) is 9.90 Å². The van der Waals surface area contributed by atoms with Crippen molar-refractivity contribution in [3.8, 4) is 18.1 Å². The molecule has 0 radical (unpaired) electrons. The molecule has 6 heteroatoms. The zero-order valence-electron chi connectivity index (χ0n) is 9.97. The average Bonchev–Trinajstić information content (AvgIpc) is 2.87. The molecule has 1 saturated heterocycles. The highest BCUT2D eigenvalue weighted by Crippen LogP contribution is 2.35. The van der Waals surface area contributed by atoms with Gasteiger partial charge in [-0.3, -0.25) is 0 Å². The predicted octanol–water partition coefficient (Wildman–Crippen LogP) is -0.112. The van der Waals surface area contributed by atoms with E-state index in [4.69, 9.17) is 11.2 Å². The highest BCUT2D eigenvalue weighted by molar-refractivity contribution is 9.10. The molecule has 4 nitrogen and oxygen atoms in total. The summed E-state index contributed by atoms with van der Waals surface area (Å²) in [6.07, 6.45) is 5.19. The van der Waals surface area contributed by atoms with E-state index in [1.54, 1.807) is 17.1 Å². The van der Waals surface area contributed by atoms with E-state index < -0.39 is 12.0 Å². The summed E-state index contributed by atoms with van der Waals surface area (Å²) in [5, 5.41) is 12.6. The zero-order chi connectivity index (χ0) is 13.8. The first-order valence-electron chi connectivity index (χ1n) is 5.65. The number of ether oxygens (including phenoxy) is 1. The SMILES string of the molecule is C#CCOc1ccc(Br)cc1[C@H]1[NH2+][C@H](C(=O)[O-])CS1. The van der Waals surface area contributed by atoms with Crippen LogP contribution in [-0.2, 0) is 4.79 Å². The van der Waals surface area contributed by atoms with Gasteiger partial charge in [-0.2, -0.15) is 0 Å². The van der Waals surface area contributed by atoms with E-state index in [2.05, 4.69) is 21.9 Å². The fraction of sp³-hybridized carbons (Fsp3) is 0.308. The van der Waals surface area contributed by atoms with Crippen LogP contribution in [0.4, 0.5) is 0 Å². The van der Waals surface area contributed by atoms with Crippen LogP contribution in [0.1, 0.15) is 10.9 Å². The second-order valence-corrected chi connectivity index (χ2v) is 6.14. The van der Waals surface area contributed by atoms with Crippen LogP contribution < -0.4 is 15.2 Å². The molecule has 1 aromatic carbocycles.